The summed E-state index contributed by atoms with van der Waals surface area (Å²) < 4.78 is 18.8. The summed E-state index contributed by atoms with van der Waals surface area (Å²) >= 11 is 0. The number of anilines is 1. The normalized spacial score (nSPS) is 16.1. The first-order valence-corrected chi connectivity index (χ1v) is 9.49. The average Bonchev–Trinajstić information content (AvgIpc) is 3.21. The van der Waals surface area contributed by atoms with Crippen LogP contribution in [-0.4, -0.2) is 26.9 Å². The number of carbonyl (C=O) groups excluding carboxylic acids is 1. The number of carbonyl (C=O) groups is 1. The van der Waals surface area contributed by atoms with Gasteiger partial charge in [-0.3, -0.25) is 4.79 Å². The van der Waals surface area contributed by atoms with Gasteiger partial charge < -0.3 is 14.5 Å². The van der Waals surface area contributed by atoms with Gasteiger partial charge in [-0.2, -0.15) is 0 Å². The highest BCUT2D eigenvalue weighted by Crippen LogP contribution is 2.40. The topological polar surface area (TPSA) is 51.9 Å². The lowest BCUT2D eigenvalue weighted by atomic mass is 10.0. The molecular formula is C22H21FN4O. The van der Waals surface area contributed by atoms with E-state index in [1.165, 1.54) is 6.07 Å². The molecule has 1 atom stereocenters. The number of benzene rings is 2. The molecule has 2 aromatic heterocycles. The van der Waals surface area contributed by atoms with Gasteiger partial charge in [-0.25, -0.2) is 9.37 Å². The molecule has 0 spiro atoms. The fraction of sp³-hybridized carbons (Fsp3) is 0.273. The van der Waals surface area contributed by atoms with Gasteiger partial charge in [-0.15, -0.1) is 0 Å². The first kappa shape index (κ1) is 17.0. The second-order valence-corrected chi connectivity index (χ2v) is 7.82. The molecule has 142 valence electrons. The number of hydrogen-bond donors (Lipinski definition) is 1. The maximum absolute atomic E-state index is 14.7. The fourth-order valence-electron chi connectivity index (χ4n) is 4.40. The zero-order valence-corrected chi connectivity index (χ0v) is 16.0. The molecule has 6 heteroatoms. The van der Waals surface area contributed by atoms with Crippen molar-refractivity contribution in [2.45, 2.75) is 19.9 Å². The highest BCUT2D eigenvalue weighted by molar-refractivity contribution is 5.97. The van der Waals surface area contributed by atoms with Crippen molar-refractivity contribution in [1.29, 1.82) is 0 Å². The van der Waals surface area contributed by atoms with E-state index in [9.17, 15) is 9.18 Å². The summed E-state index contributed by atoms with van der Waals surface area (Å²) in [6.45, 7) is 5.25. The lowest BCUT2D eigenvalue weighted by Gasteiger charge is -2.31. The Kier molecular flexibility index (Phi) is 3.59. The van der Waals surface area contributed by atoms with Gasteiger partial charge in [0.2, 0.25) is 0 Å². The summed E-state index contributed by atoms with van der Waals surface area (Å²) in [7, 11) is 1.83. The molecule has 1 N–H and O–H groups in total. The molecular weight excluding hydrogens is 355 g/mol. The quantitative estimate of drug-likeness (QED) is 0.524. The molecule has 0 fully saturated rings. The number of nitrogens with one attached hydrogen (secondary N) is 1. The highest BCUT2D eigenvalue weighted by Gasteiger charge is 2.28. The zero-order valence-electron chi connectivity index (χ0n) is 16.0. The molecule has 0 radical (unpaired) electrons. The maximum Gasteiger partial charge on any atom is 0.157 e. The molecule has 1 aliphatic rings. The van der Waals surface area contributed by atoms with Crippen molar-refractivity contribution >= 4 is 33.9 Å². The van der Waals surface area contributed by atoms with E-state index in [1.54, 1.807) is 10.6 Å². The Morgan fingerprint density at radius 3 is 2.82 bits per heavy atom. The third-order valence-corrected chi connectivity index (χ3v) is 5.77. The summed E-state index contributed by atoms with van der Waals surface area (Å²) in [5.74, 6) is 0.688. The monoisotopic (exact) mass is 376 g/mol. The molecule has 5 nitrogen and oxygen atoms in total. The summed E-state index contributed by atoms with van der Waals surface area (Å²) in [6.07, 6.45) is 0.652. The van der Waals surface area contributed by atoms with Crippen LogP contribution < -0.4 is 5.32 Å². The number of hydrogen-bond acceptors (Lipinski definition) is 3. The van der Waals surface area contributed by atoms with Crippen LogP contribution in [0, 0.1) is 11.7 Å². The SMILES string of the molecule is CC(C)C1CNc2cccc3cc(-c4nc5cc(C=O)cc(F)c5n4C)n1c23. The van der Waals surface area contributed by atoms with Crippen LogP contribution in [0.1, 0.15) is 30.2 Å². The highest BCUT2D eigenvalue weighted by atomic mass is 19.1. The van der Waals surface area contributed by atoms with Crippen molar-refractivity contribution in [1.82, 2.24) is 14.1 Å². The number of nitrogens with zero attached hydrogens (tertiary/aromatic N) is 3. The molecule has 0 saturated heterocycles. The molecule has 3 heterocycles. The van der Waals surface area contributed by atoms with Gasteiger partial charge in [0.15, 0.2) is 5.82 Å². The molecule has 1 aliphatic heterocycles. The van der Waals surface area contributed by atoms with Crippen LogP contribution in [-0.2, 0) is 7.05 Å². The first-order chi connectivity index (χ1) is 13.5. The van der Waals surface area contributed by atoms with Crippen molar-refractivity contribution in [3.05, 3.63) is 47.8 Å². The van der Waals surface area contributed by atoms with E-state index in [0.29, 0.717) is 34.6 Å². The molecule has 1 unspecified atom stereocenters. The van der Waals surface area contributed by atoms with Crippen LogP contribution in [0.15, 0.2) is 36.4 Å². The van der Waals surface area contributed by atoms with E-state index in [2.05, 4.69) is 41.9 Å². The van der Waals surface area contributed by atoms with Crippen LogP contribution >= 0.6 is 0 Å². The van der Waals surface area contributed by atoms with Gasteiger partial charge >= 0.3 is 0 Å². The Balaban J connectivity index is 1.85. The number of fused-ring (bicyclic) bond motifs is 1. The minimum Gasteiger partial charge on any atom is -0.381 e. The molecule has 2 aromatic carbocycles. The van der Waals surface area contributed by atoms with E-state index in [1.807, 2.05) is 13.1 Å². The maximum atomic E-state index is 14.7. The third-order valence-electron chi connectivity index (χ3n) is 5.77. The van der Waals surface area contributed by atoms with Gasteiger partial charge in [0.1, 0.15) is 17.6 Å². The van der Waals surface area contributed by atoms with E-state index in [-0.39, 0.29) is 6.04 Å². The second kappa shape index (κ2) is 5.92. The summed E-state index contributed by atoms with van der Waals surface area (Å²) in [6, 6.07) is 11.5. The fourth-order valence-corrected chi connectivity index (χ4v) is 4.40. The van der Waals surface area contributed by atoms with Gasteiger partial charge in [0.05, 0.1) is 28.5 Å². The predicted molar refractivity (Wildman–Crippen MR) is 109 cm³/mol. The predicted octanol–water partition coefficient (Wildman–Crippen LogP) is 4.77. The Bertz CT molecular complexity index is 1250. The van der Waals surface area contributed by atoms with Gasteiger partial charge in [-0.1, -0.05) is 26.0 Å². The number of para-hydroxylation sites is 1. The van der Waals surface area contributed by atoms with Gasteiger partial charge in [-0.05, 0) is 30.2 Å². The van der Waals surface area contributed by atoms with Crippen molar-refractivity contribution in [2.75, 3.05) is 11.9 Å². The van der Waals surface area contributed by atoms with Crippen LogP contribution in [0.3, 0.4) is 0 Å². The number of rotatable bonds is 3. The van der Waals surface area contributed by atoms with E-state index >= 15 is 0 Å². The minimum absolute atomic E-state index is 0.262. The Hall–Kier alpha value is -3.15. The molecule has 0 bridgehead atoms. The Morgan fingerprint density at radius 1 is 1.25 bits per heavy atom. The van der Waals surface area contributed by atoms with Crippen LogP contribution in [0.2, 0.25) is 0 Å². The Morgan fingerprint density at radius 2 is 2.07 bits per heavy atom. The van der Waals surface area contributed by atoms with Crippen molar-refractivity contribution < 1.29 is 9.18 Å². The smallest absolute Gasteiger partial charge is 0.157 e. The van der Waals surface area contributed by atoms with Crippen molar-refractivity contribution in [3.8, 4) is 11.5 Å². The van der Waals surface area contributed by atoms with Crippen molar-refractivity contribution in [3.63, 3.8) is 0 Å². The number of halogens is 1. The standard InChI is InChI=1S/C22H21FN4O/c1-12(2)19-10-24-16-6-4-5-14-9-18(27(19)20(14)16)22-25-17-8-13(11-28)7-15(23)21(17)26(22)3/h4-9,11-12,19,24H,10H2,1-3H3. The number of aldehydes is 1. The van der Waals surface area contributed by atoms with E-state index in [4.69, 9.17) is 4.98 Å². The van der Waals surface area contributed by atoms with E-state index < -0.39 is 5.82 Å². The average molecular weight is 376 g/mol. The molecule has 0 saturated carbocycles. The number of imidazole rings is 1. The minimum atomic E-state index is -0.432. The molecule has 5 rings (SSSR count). The third kappa shape index (κ3) is 2.24. The molecule has 0 amide bonds. The summed E-state index contributed by atoms with van der Waals surface area (Å²) in [5, 5.41) is 4.67. The number of aromatic nitrogens is 3. The lowest BCUT2D eigenvalue weighted by molar-refractivity contribution is 0.112. The summed E-state index contributed by atoms with van der Waals surface area (Å²) in [4.78, 5) is 15.9. The van der Waals surface area contributed by atoms with Crippen molar-refractivity contribution in [2.24, 2.45) is 13.0 Å². The van der Waals surface area contributed by atoms with E-state index in [0.717, 1.165) is 28.8 Å². The van der Waals surface area contributed by atoms with Gasteiger partial charge in [0, 0.05) is 24.5 Å². The first-order valence-electron chi connectivity index (χ1n) is 9.49. The zero-order chi connectivity index (χ0) is 19.6. The lowest BCUT2D eigenvalue weighted by Crippen LogP contribution is -2.28. The second-order valence-electron chi connectivity index (χ2n) is 7.82. The number of aryl methyl sites for hydroxylation is 1. The molecule has 4 aromatic rings. The Labute approximate surface area is 161 Å². The summed E-state index contributed by atoms with van der Waals surface area (Å²) in [5.41, 5.74) is 4.43. The van der Waals surface area contributed by atoms with Crippen LogP contribution in [0.5, 0.6) is 0 Å². The largest absolute Gasteiger partial charge is 0.381 e. The van der Waals surface area contributed by atoms with Crippen LogP contribution in [0.25, 0.3) is 33.5 Å². The molecule has 28 heavy (non-hydrogen) atoms. The van der Waals surface area contributed by atoms with Crippen LogP contribution in [0.4, 0.5) is 10.1 Å². The molecule has 0 aliphatic carbocycles. The van der Waals surface area contributed by atoms with Gasteiger partial charge in [0.25, 0.3) is 0 Å².